The average Bonchev–Trinajstić information content (AvgIpc) is 2.77. The van der Waals surface area contributed by atoms with E-state index < -0.39 is 0 Å². The van der Waals surface area contributed by atoms with Gasteiger partial charge in [-0.25, -0.2) is 9.97 Å². The Balaban J connectivity index is 2.30. The summed E-state index contributed by atoms with van der Waals surface area (Å²) in [4.78, 5) is 8.16. The Hall–Kier alpha value is -2.11. The van der Waals surface area contributed by atoms with Crippen LogP contribution in [0.25, 0.3) is 0 Å². The van der Waals surface area contributed by atoms with Gasteiger partial charge in [-0.05, 0) is 19.8 Å². The van der Waals surface area contributed by atoms with E-state index in [2.05, 4.69) is 28.9 Å². The fourth-order valence-corrected chi connectivity index (χ4v) is 1.78. The first-order valence-electron chi connectivity index (χ1n) is 6.31. The van der Waals surface area contributed by atoms with Crippen molar-refractivity contribution >= 4 is 5.82 Å². The Kier molecular flexibility index (Phi) is 3.69. The second-order valence-corrected chi connectivity index (χ2v) is 4.98. The molecule has 0 spiro atoms. The molecule has 0 radical (unpaired) electrons. The fourth-order valence-electron chi connectivity index (χ4n) is 1.78. The van der Waals surface area contributed by atoms with Crippen LogP contribution in [0, 0.1) is 0 Å². The summed E-state index contributed by atoms with van der Waals surface area (Å²) in [5.74, 6) is 1.78. The number of nitrogen functional groups attached to an aromatic ring is 1. The smallest absolute Gasteiger partial charge is 0.228 e. The van der Waals surface area contributed by atoms with Crippen LogP contribution in [-0.2, 0) is 0 Å². The van der Waals surface area contributed by atoms with Crippen LogP contribution >= 0.6 is 0 Å². The van der Waals surface area contributed by atoms with Crippen LogP contribution in [0.2, 0.25) is 0 Å². The van der Waals surface area contributed by atoms with Gasteiger partial charge in [0, 0.05) is 6.04 Å². The molecule has 19 heavy (non-hydrogen) atoms. The molecule has 0 aliphatic heterocycles. The minimum Gasteiger partial charge on any atom is -0.435 e. The van der Waals surface area contributed by atoms with E-state index in [0.29, 0.717) is 17.4 Å². The Morgan fingerprint density at radius 2 is 1.95 bits per heavy atom. The Morgan fingerprint density at radius 1 is 1.21 bits per heavy atom. The summed E-state index contributed by atoms with van der Waals surface area (Å²) < 4.78 is 7.60. The molecule has 2 heterocycles. The Labute approximate surface area is 112 Å². The third-order valence-electron chi connectivity index (χ3n) is 2.78. The summed E-state index contributed by atoms with van der Waals surface area (Å²) in [5.41, 5.74) is 6.70. The standard InChI is InChI=1S/C13H19N5O/c1-8(2)11-12(14)15-7-16-13(11)19-10-5-17-18(6-10)9(3)4/h5-9H,1-4H3,(H2,14,15,16). The van der Waals surface area contributed by atoms with Gasteiger partial charge in [0.1, 0.15) is 12.1 Å². The summed E-state index contributed by atoms with van der Waals surface area (Å²) in [6, 6.07) is 0.289. The van der Waals surface area contributed by atoms with Gasteiger partial charge in [0.15, 0.2) is 5.75 Å². The summed E-state index contributed by atoms with van der Waals surface area (Å²) in [6.07, 6.45) is 4.92. The molecule has 0 aliphatic rings. The van der Waals surface area contributed by atoms with Crippen LogP contribution in [0.5, 0.6) is 11.6 Å². The van der Waals surface area contributed by atoms with Crippen molar-refractivity contribution in [1.82, 2.24) is 19.7 Å². The molecular weight excluding hydrogens is 242 g/mol. The highest BCUT2D eigenvalue weighted by molar-refractivity contribution is 5.47. The molecule has 0 bridgehead atoms. The van der Waals surface area contributed by atoms with E-state index in [1.807, 2.05) is 24.7 Å². The van der Waals surface area contributed by atoms with E-state index in [1.54, 1.807) is 6.20 Å². The highest BCUT2D eigenvalue weighted by Crippen LogP contribution is 2.31. The molecule has 0 unspecified atom stereocenters. The van der Waals surface area contributed by atoms with Gasteiger partial charge in [-0.3, -0.25) is 4.68 Å². The first-order chi connectivity index (χ1) is 8.99. The molecule has 2 rings (SSSR count). The van der Waals surface area contributed by atoms with E-state index in [-0.39, 0.29) is 12.0 Å². The zero-order chi connectivity index (χ0) is 14.0. The zero-order valence-corrected chi connectivity index (χ0v) is 11.7. The van der Waals surface area contributed by atoms with E-state index in [0.717, 1.165) is 5.56 Å². The molecule has 6 nitrogen and oxygen atoms in total. The van der Waals surface area contributed by atoms with Crippen LogP contribution in [-0.4, -0.2) is 19.7 Å². The molecule has 0 atom stereocenters. The predicted octanol–water partition coefficient (Wildman–Crippen LogP) is 2.75. The minimum absolute atomic E-state index is 0.191. The molecule has 0 aliphatic carbocycles. The molecule has 0 aromatic carbocycles. The van der Waals surface area contributed by atoms with Crippen LogP contribution in [0.15, 0.2) is 18.7 Å². The molecule has 0 amide bonds. The fraction of sp³-hybridized carbons (Fsp3) is 0.462. The van der Waals surface area contributed by atoms with Crippen molar-refractivity contribution in [1.29, 1.82) is 0 Å². The number of hydrogen-bond donors (Lipinski definition) is 1. The largest absolute Gasteiger partial charge is 0.435 e. The van der Waals surface area contributed by atoms with Gasteiger partial charge in [-0.2, -0.15) is 5.10 Å². The first kappa shape index (κ1) is 13.3. The topological polar surface area (TPSA) is 78.8 Å². The highest BCUT2D eigenvalue weighted by Gasteiger charge is 2.15. The number of hydrogen-bond acceptors (Lipinski definition) is 5. The lowest BCUT2D eigenvalue weighted by atomic mass is 10.1. The van der Waals surface area contributed by atoms with Gasteiger partial charge < -0.3 is 10.5 Å². The van der Waals surface area contributed by atoms with Crippen molar-refractivity contribution in [2.24, 2.45) is 0 Å². The number of aromatic nitrogens is 4. The number of nitrogens with zero attached hydrogens (tertiary/aromatic N) is 4. The van der Waals surface area contributed by atoms with Gasteiger partial charge in [0.2, 0.25) is 5.88 Å². The lowest BCUT2D eigenvalue weighted by Gasteiger charge is -2.12. The summed E-state index contributed by atoms with van der Waals surface area (Å²) in [5, 5.41) is 4.23. The van der Waals surface area contributed by atoms with E-state index >= 15 is 0 Å². The molecule has 0 saturated carbocycles. The highest BCUT2D eigenvalue weighted by atomic mass is 16.5. The molecular formula is C13H19N5O. The number of ether oxygens (including phenoxy) is 1. The minimum atomic E-state index is 0.191. The lowest BCUT2D eigenvalue weighted by Crippen LogP contribution is -2.04. The number of anilines is 1. The van der Waals surface area contributed by atoms with E-state index in [9.17, 15) is 0 Å². The SMILES string of the molecule is CC(C)c1c(N)ncnc1Oc1cnn(C(C)C)c1. The summed E-state index contributed by atoms with van der Waals surface area (Å²) >= 11 is 0. The van der Waals surface area contributed by atoms with Crippen molar-refractivity contribution in [3.63, 3.8) is 0 Å². The van der Waals surface area contributed by atoms with Crippen molar-refractivity contribution < 1.29 is 4.74 Å². The van der Waals surface area contributed by atoms with Crippen LogP contribution < -0.4 is 10.5 Å². The van der Waals surface area contributed by atoms with Gasteiger partial charge in [-0.1, -0.05) is 13.8 Å². The maximum atomic E-state index is 5.88. The lowest BCUT2D eigenvalue weighted by molar-refractivity contribution is 0.449. The maximum absolute atomic E-state index is 5.88. The molecule has 102 valence electrons. The zero-order valence-electron chi connectivity index (χ0n) is 11.7. The average molecular weight is 261 g/mol. The van der Waals surface area contributed by atoms with Gasteiger partial charge in [-0.15, -0.1) is 0 Å². The summed E-state index contributed by atoms with van der Waals surface area (Å²) in [7, 11) is 0. The van der Waals surface area contributed by atoms with Crippen LogP contribution in [0.4, 0.5) is 5.82 Å². The quantitative estimate of drug-likeness (QED) is 0.915. The Bertz CT molecular complexity index is 562. The van der Waals surface area contributed by atoms with Crippen molar-refractivity contribution in [2.45, 2.75) is 39.7 Å². The third kappa shape index (κ3) is 2.83. The molecule has 2 aromatic rings. The van der Waals surface area contributed by atoms with E-state index in [4.69, 9.17) is 10.5 Å². The van der Waals surface area contributed by atoms with Gasteiger partial charge in [0.05, 0.1) is 18.0 Å². The molecule has 0 saturated heterocycles. The summed E-state index contributed by atoms with van der Waals surface area (Å²) in [6.45, 7) is 8.16. The third-order valence-corrected chi connectivity index (χ3v) is 2.78. The van der Waals surface area contributed by atoms with Gasteiger partial charge >= 0.3 is 0 Å². The van der Waals surface area contributed by atoms with Crippen molar-refractivity contribution in [2.75, 3.05) is 5.73 Å². The number of nitrogens with two attached hydrogens (primary N) is 1. The van der Waals surface area contributed by atoms with Gasteiger partial charge in [0.25, 0.3) is 0 Å². The molecule has 6 heteroatoms. The second-order valence-electron chi connectivity index (χ2n) is 4.98. The first-order valence-corrected chi connectivity index (χ1v) is 6.31. The normalized spacial score (nSPS) is 11.3. The Morgan fingerprint density at radius 3 is 2.53 bits per heavy atom. The van der Waals surface area contributed by atoms with E-state index in [1.165, 1.54) is 6.33 Å². The molecule has 2 N–H and O–H groups in total. The second kappa shape index (κ2) is 5.26. The molecule has 0 fully saturated rings. The molecule has 2 aromatic heterocycles. The van der Waals surface area contributed by atoms with Crippen LogP contribution in [0.3, 0.4) is 0 Å². The number of rotatable bonds is 4. The predicted molar refractivity (Wildman–Crippen MR) is 73.2 cm³/mol. The van der Waals surface area contributed by atoms with Crippen molar-refractivity contribution in [3.05, 3.63) is 24.3 Å². The van der Waals surface area contributed by atoms with Crippen LogP contribution in [0.1, 0.15) is 45.2 Å². The van der Waals surface area contributed by atoms with Crippen molar-refractivity contribution in [3.8, 4) is 11.6 Å². The monoisotopic (exact) mass is 261 g/mol. The maximum Gasteiger partial charge on any atom is 0.228 e.